The molecule has 2 rings (SSSR count). The van der Waals surface area contributed by atoms with Crippen LogP contribution in [0.1, 0.15) is 40.4 Å². The Morgan fingerprint density at radius 3 is 2.30 bits per heavy atom. The van der Waals surface area contributed by atoms with Gasteiger partial charge in [0.05, 0.1) is 15.5 Å². The molecule has 1 heterocycles. The number of anilines is 1. The van der Waals surface area contributed by atoms with E-state index in [2.05, 4.69) is 31.2 Å². The zero-order valence-corrected chi connectivity index (χ0v) is 15.7. The Bertz CT molecular complexity index is 687. The molecule has 1 atom stereocenters. The van der Waals surface area contributed by atoms with Gasteiger partial charge in [-0.2, -0.15) is 0 Å². The topological polar surface area (TPSA) is 55.1 Å². The van der Waals surface area contributed by atoms with Crippen LogP contribution in [0.3, 0.4) is 0 Å². The zero-order valence-electron chi connectivity index (χ0n) is 14.1. The first-order valence-corrected chi connectivity index (χ1v) is 9.01. The van der Waals surface area contributed by atoms with E-state index in [0.29, 0.717) is 17.4 Å². The van der Waals surface area contributed by atoms with Crippen LogP contribution in [0.4, 0.5) is 5.82 Å². The molecule has 6 heteroatoms. The number of nitrogens with one attached hydrogen (secondary N) is 1. The zero-order chi connectivity index (χ0) is 17.3. The summed E-state index contributed by atoms with van der Waals surface area (Å²) in [6, 6.07) is 9.00. The molecule has 0 fully saturated rings. The molecule has 1 aromatic carbocycles. The molecular formula is C17H23ClN2O2S. The van der Waals surface area contributed by atoms with Gasteiger partial charge >= 0.3 is 0 Å². The van der Waals surface area contributed by atoms with Gasteiger partial charge in [0.25, 0.3) is 0 Å². The van der Waals surface area contributed by atoms with Gasteiger partial charge in [-0.1, -0.05) is 37.5 Å². The first-order valence-electron chi connectivity index (χ1n) is 7.48. The van der Waals surface area contributed by atoms with Gasteiger partial charge in [-0.3, -0.25) is 4.21 Å². The highest BCUT2D eigenvalue weighted by molar-refractivity contribution is 7.86. The second-order valence-electron chi connectivity index (χ2n) is 7.16. The number of hydrogen-bond acceptors (Lipinski definition) is 4. The molecule has 0 aliphatic rings. The minimum Gasteiger partial charge on any atom is -0.366 e. The predicted octanol–water partition coefficient (Wildman–Crippen LogP) is 4.62. The van der Waals surface area contributed by atoms with E-state index < -0.39 is 15.5 Å². The molecule has 0 saturated heterocycles. The van der Waals surface area contributed by atoms with Gasteiger partial charge in [0.15, 0.2) is 5.82 Å². The Hall–Kier alpha value is -1.33. The minimum atomic E-state index is -1.17. The summed E-state index contributed by atoms with van der Waals surface area (Å²) in [5.41, 5.74) is -0.0887. The predicted molar refractivity (Wildman–Crippen MR) is 95.6 cm³/mol. The summed E-state index contributed by atoms with van der Waals surface area (Å²) >= 11 is 5.88. The number of halogens is 1. The number of nitrogens with zero attached hydrogens (tertiary/aromatic N) is 1. The van der Waals surface area contributed by atoms with Crippen LogP contribution in [0.5, 0.6) is 0 Å². The standard InChI is InChI=1S/C17H23ClN2O2S/c1-16(2,3)14-10-15(20-22-14)19-11-17(4,5)23(21)13-8-6-12(18)7-9-13/h6-10H,11H2,1-5H3,(H,19,20)/t23-/m1/s1. The summed E-state index contributed by atoms with van der Waals surface area (Å²) in [6.45, 7) is 10.6. The normalized spacial score (nSPS) is 13.8. The van der Waals surface area contributed by atoms with Crippen LogP contribution in [0.15, 0.2) is 39.8 Å². The molecule has 0 aliphatic carbocycles. The van der Waals surface area contributed by atoms with Crippen molar-refractivity contribution in [2.75, 3.05) is 11.9 Å². The van der Waals surface area contributed by atoms with Crippen LogP contribution < -0.4 is 5.32 Å². The van der Waals surface area contributed by atoms with Gasteiger partial charge in [0.1, 0.15) is 5.76 Å². The third-order valence-electron chi connectivity index (χ3n) is 3.47. The first kappa shape index (κ1) is 18.0. The van der Waals surface area contributed by atoms with Crippen molar-refractivity contribution in [2.45, 2.75) is 49.7 Å². The minimum absolute atomic E-state index is 0.0887. The van der Waals surface area contributed by atoms with Crippen molar-refractivity contribution in [3.8, 4) is 0 Å². The third kappa shape index (κ3) is 4.58. The number of aromatic nitrogens is 1. The Labute approximate surface area is 145 Å². The van der Waals surface area contributed by atoms with E-state index in [1.165, 1.54) is 0 Å². The van der Waals surface area contributed by atoms with Gasteiger partial charge < -0.3 is 9.84 Å². The molecule has 0 aliphatic heterocycles. The first-order chi connectivity index (χ1) is 10.6. The third-order valence-corrected chi connectivity index (χ3v) is 5.57. The Morgan fingerprint density at radius 1 is 1.17 bits per heavy atom. The lowest BCUT2D eigenvalue weighted by Gasteiger charge is -2.24. The average molecular weight is 355 g/mol. The summed E-state index contributed by atoms with van der Waals surface area (Å²) in [6.07, 6.45) is 0. The highest BCUT2D eigenvalue weighted by atomic mass is 35.5. The Balaban J connectivity index is 2.04. The second kappa shape index (κ2) is 6.65. The van der Waals surface area contributed by atoms with Gasteiger partial charge in [0.2, 0.25) is 0 Å². The smallest absolute Gasteiger partial charge is 0.169 e. The molecule has 126 valence electrons. The summed E-state index contributed by atoms with van der Waals surface area (Å²) in [5.74, 6) is 1.48. The fraction of sp³-hybridized carbons (Fsp3) is 0.471. The van der Waals surface area contributed by atoms with E-state index in [-0.39, 0.29) is 5.41 Å². The summed E-state index contributed by atoms with van der Waals surface area (Å²) in [4.78, 5) is 0.761. The van der Waals surface area contributed by atoms with Crippen LogP contribution in [-0.4, -0.2) is 20.7 Å². The highest BCUT2D eigenvalue weighted by Gasteiger charge is 2.28. The van der Waals surface area contributed by atoms with Crippen molar-refractivity contribution in [2.24, 2.45) is 0 Å². The second-order valence-corrected chi connectivity index (χ2v) is 9.71. The fourth-order valence-electron chi connectivity index (χ4n) is 1.96. The fourth-order valence-corrected chi connectivity index (χ4v) is 3.31. The molecule has 23 heavy (non-hydrogen) atoms. The lowest BCUT2D eigenvalue weighted by molar-refractivity contribution is 0.330. The van der Waals surface area contributed by atoms with Crippen LogP contribution >= 0.6 is 11.6 Å². The maximum absolute atomic E-state index is 12.7. The molecule has 1 aromatic heterocycles. The highest BCUT2D eigenvalue weighted by Crippen LogP contribution is 2.26. The van der Waals surface area contributed by atoms with E-state index in [0.717, 1.165) is 10.7 Å². The van der Waals surface area contributed by atoms with Crippen molar-refractivity contribution >= 4 is 28.2 Å². The van der Waals surface area contributed by atoms with Crippen molar-refractivity contribution in [1.82, 2.24) is 5.16 Å². The monoisotopic (exact) mass is 354 g/mol. The lowest BCUT2D eigenvalue weighted by Crippen LogP contribution is -2.35. The van der Waals surface area contributed by atoms with E-state index in [1.54, 1.807) is 24.3 Å². The summed E-state index contributed by atoms with van der Waals surface area (Å²) in [5, 5.41) is 7.88. The molecule has 0 radical (unpaired) electrons. The van der Waals surface area contributed by atoms with Gasteiger partial charge in [-0.05, 0) is 38.1 Å². The maximum atomic E-state index is 12.7. The molecule has 1 N–H and O–H groups in total. The molecule has 0 unspecified atom stereocenters. The van der Waals surface area contributed by atoms with Gasteiger partial charge in [-0.25, -0.2) is 0 Å². The molecule has 0 spiro atoms. The van der Waals surface area contributed by atoms with Gasteiger partial charge in [0, 0.05) is 27.9 Å². The Kier molecular flexibility index (Phi) is 5.21. The molecule has 4 nitrogen and oxygen atoms in total. The SMILES string of the molecule is CC(C)(C)c1cc(NCC(C)(C)[S@](=O)c2ccc(Cl)cc2)no1. The molecule has 0 amide bonds. The van der Waals surface area contributed by atoms with Crippen LogP contribution in [-0.2, 0) is 16.2 Å². The Morgan fingerprint density at radius 2 is 1.78 bits per heavy atom. The van der Waals surface area contributed by atoms with E-state index in [1.807, 2.05) is 19.9 Å². The quantitative estimate of drug-likeness (QED) is 0.850. The molecule has 0 bridgehead atoms. The average Bonchev–Trinajstić information content (AvgIpc) is 2.94. The number of rotatable bonds is 5. The van der Waals surface area contributed by atoms with Gasteiger partial charge in [-0.15, -0.1) is 0 Å². The van der Waals surface area contributed by atoms with Crippen LogP contribution in [0.2, 0.25) is 5.02 Å². The molecule has 0 saturated carbocycles. The van der Waals surface area contributed by atoms with Crippen LogP contribution in [0, 0.1) is 0 Å². The summed E-state index contributed by atoms with van der Waals surface area (Å²) < 4.78 is 17.6. The van der Waals surface area contributed by atoms with Crippen molar-refractivity contribution in [1.29, 1.82) is 0 Å². The van der Waals surface area contributed by atoms with E-state index in [9.17, 15) is 4.21 Å². The van der Waals surface area contributed by atoms with Crippen LogP contribution in [0.25, 0.3) is 0 Å². The number of benzene rings is 1. The largest absolute Gasteiger partial charge is 0.366 e. The number of hydrogen-bond donors (Lipinski definition) is 1. The van der Waals surface area contributed by atoms with Crippen molar-refractivity contribution < 1.29 is 8.73 Å². The molecule has 2 aromatic rings. The maximum Gasteiger partial charge on any atom is 0.169 e. The van der Waals surface area contributed by atoms with E-state index in [4.69, 9.17) is 16.1 Å². The lowest BCUT2D eigenvalue weighted by atomic mass is 9.93. The van der Waals surface area contributed by atoms with E-state index >= 15 is 0 Å². The van der Waals surface area contributed by atoms with Crippen molar-refractivity contribution in [3.63, 3.8) is 0 Å². The summed E-state index contributed by atoms with van der Waals surface area (Å²) in [7, 11) is -1.17. The van der Waals surface area contributed by atoms with Crippen molar-refractivity contribution in [3.05, 3.63) is 41.1 Å². The molecular weight excluding hydrogens is 332 g/mol.